The van der Waals surface area contributed by atoms with Gasteiger partial charge in [0, 0.05) is 12.7 Å². The van der Waals surface area contributed by atoms with Crippen molar-refractivity contribution in [2.75, 3.05) is 11.5 Å². The molecular formula is C11H14N2O4S. The smallest absolute Gasteiger partial charge is 0.330 e. The van der Waals surface area contributed by atoms with Gasteiger partial charge in [-0.3, -0.25) is 4.79 Å². The molecule has 1 amide bonds. The van der Waals surface area contributed by atoms with Gasteiger partial charge in [0.05, 0.1) is 5.69 Å². The number of aliphatic carboxylic acids is 1. The lowest BCUT2D eigenvalue weighted by molar-refractivity contribution is -0.143. The molecule has 18 heavy (non-hydrogen) atoms. The van der Waals surface area contributed by atoms with E-state index in [-0.39, 0.29) is 5.76 Å². The normalized spacial score (nSPS) is 23.0. The van der Waals surface area contributed by atoms with Gasteiger partial charge in [0.2, 0.25) is 5.76 Å². The van der Waals surface area contributed by atoms with Crippen molar-refractivity contribution in [3.63, 3.8) is 0 Å². The first-order valence-electron chi connectivity index (χ1n) is 5.52. The topological polar surface area (TPSA) is 92.4 Å². The first-order chi connectivity index (χ1) is 8.44. The summed E-state index contributed by atoms with van der Waals surface area (Å²) >= 11 is 1.51. The van der Waals surface area contributed by atoms with Crippen LogP contribution in [0.3, 0.4) is 0 Å². The first kappa shape index (κ1) is 12.9. The van der Waals surface area contributed by atoms with Crippen LogP contribution in [0.15, 0.2) is 4.42 Å². The maximum absolute atomic E-state index is 12.0. The molecular weight excluding hydrogens is 256 g/mol. The zero-order valence-corrected chi connectivity index (χ0v) is 11.0. The van der Waals surface area contributed by atoms with Crippen LogP contribution >= 0.6 is 11.8 Å². The molecule has 0 aromatic carbocycles. The molecule has 6 nitrogen and oxygen atoms in total. The molecule has 1 atom stereocenters. The summed E-state index contributed by atoms with van der Waals surface area (Å²) in [6.45, 7) is 3.30. The number of rotatable bonds is 3. The number of aromatic nitrogens is 1. The third kappa shape index (κ3) is 2.22. The van der Waals surface area contributed by atoms with Gasteiger partial charge in [-0.2, -0.15) is 11.8 Å². The fourth-order valence-corrected chi connectivity index (χ4v) is 3.23. The summed E-state index contributed by atoms with van der Waals surface area (Å²) in [7, 11) is 0. The molecule has 1 aliphatic rings. The molecule has 1 fully saturated rings. The molecule has 0 spiro atoms. The maximum atomic E-state index is 12.0. The molecule has 1 aliphatic heterocycles. The number of nitrogens with one attached hydrogen (secondary N) is 1. The minimum absolute atomic E-state index is 0.0880. The zero-order valence-electron chi connectivity index (χ0n) is 10.1. The largest absolute Gasteiger partial charge is 0.479 e. The van der Waals surface area contributed by atoms with Gasteiger partial charge in [0.15, 0.2) is 5.89 Å². The minimum Gasteiger partial charge on any atom is -0.479 e. The highest BCUT2D eigenvalue weighted by Crippen LogP contribution is 2.28. The summed E-state index contributed by atoms with van der Waals surface area (Å²) in [5.41, 5.74) is -0.717. The number of thioether (sulfide) groups is 1. The van der Waals surface area contributed by atoms with E-state index in [1.165, 1.54) is 11.8 Å². The summed E-state index contributed by atoms with van der Waals surface area (Å²) in [4.78, 5) is 27.3. The van der Waals surface area contributed by atoms with Crippen LogP contribution in [0.2, 0.25) is 0 Å². The Labute approximate surface area is 108 Å². The van der Waals surface area contributed by atoms with E-state index in [4.69, 9.17) is 4.42 Å². The van der Waals surface area contributed by atoms with Crippen molar-refractivity contribution in [3.05, 3.63) is 17.3 Å². The van der Waals surface area contributed by atoms with Crippen molar-refractivity contribution in [2.45, 2.75) is 25.8 Å². The Morgan fingerprint density at radius 2 is 2.22 bits per heavy atom. The van der Waals surface area contributed by atoms with E-state index >= 15 is 0 Å². The third-order valence-corrected chi connectivity index (χ3v) is 4.08. The summed E-state index contributed by atoms with van der Waals surface area (Å²) < 4.78 is 5.19. The van der Waals surface area contributed by atoms with E-state index in [1.807, 2.05) is 0 Å². The Bertz CT molecular complexity index is 491. The van der Waals surface area contributed by atoms with Crippen LogP contribution in [-0.4, -0.2) is 39.0 Å². The number of amides is 1. The molecule has 1 unspecified atom stereocenters. The fraction of sp³-hybridized carbons (Fsp3) is 0.545. The summed E-state index contributed by atoms with van der Waals surface area (Å²) in [5, 5.41) is 11.8. The SMILES string of the molecule is Cc1nc(C)c(C(=O)NC2(C(=O)O)CCSC2)o1. The van der Waals surface area contributed by atoms with Gasteiger partial charge >= 0.3 is 5.97 Å². The number of carbonyl (C=O) groups excluding carboxylic acids is 1. The molecule has 0 aliphatic carbocycles. The molecule has 1 saturated heterocycles. The number of aryl methyl sites for hydroxylation is 2. The van der Waals surface area contributed by atoms with Gasteiger partial charge in [-0.1, -0.05) is 0 Å². The molecule has 2 rings (SSSR count). The van der Waals surface area contributed by atoms with Crippen LogP contribution in [0.25, 0.3) is 0 Å². The zero-order chi connectivity index (χ0) is 13.3. The van der Waals surface area contributed by atoms with Crippen LogP contribution in [0.5, 0.6) is 0 Å². The van der Waals surface area contributed by atoms with Crippen LogP contribution < -0.4 is 5.32 Å². The number of oxazole rings is 1. The number of carboxylic acids is 1. The Hall–Kier alpha value is -1.50. The molecule has 0 saturated carbocycles. The van der Waals surface area contributed by atoms with Crippen LogP contribution in [-0.2, 0) is 4.79 Å². The van der Waals surface area contributed by atoms with Gasteiger partial charge in [0.1, 0.15) is 5.54 Å². The van der Waals surface area contributed by atoms with Crippen molar-refractivity contribution in [2.24, 2.45) is 0 Å². The highest BCUT2D eigenvalue weighted by atomic mass is 32.2. The second-order valence-electron chi connectivity index (χ2n) is 4.29. The Morgan fingerprint density at radius 3 is 2.67 bits per heavy atom. The molecule has 98 valence electrons. The Morgan fingerprint density at radius 1 is 1.50 bits per heavy atom. The highest BCUT2D eigenvalue weighted by Gasteiger charge is 2.44. The minimum atomic E-state index is -1.19. The van der Waals surface area contributed by atoms with E-state index in [0.29, 0.717) is 23.8 Å². The van der Waals surface area contributed by atoms with Gasteiger partial charge < -0.3 is 14.8 Å². The predicted molar refractivity (Wildman–Crippen MR) is 65.8 cm³/mol. The van der Waals surface area contributed by atoms with E-state index in [0.717, 1.165) is 5.75 Å². The Kier molecular flexibility index (Phi) is 3.34. The second kappa shape index (κ2) is 4.64. The van der Waals surface area contributed by atoms with Gasteiger partial charge in [-0.25, -0.2) is 9.78 Å². The molecule has 7 heteroatoms. The van der Waals surface area contributed by atoms with Gasteiger partial charge in [-0.15, -0.1) is 0 Å². The van der Waals surface area contributed by atoms with Crippen LogP contribution in [0, 0.1) is 13.8 Å². The average molecular weight is 270 g/mol. The van der Waals surface area contributed by atoms with Gasteiger partial charge in [-0.05, 0) is 19.1 Å². The number of carbonyl (C=O) groups is 2. The fourth-order valence-electron chi connectivity index (χ4n) is 1.90. The lowest BCUT2D eigenvalue weighted by Crippen LogP contribution is -2.54. The van der Waals surface area contributed by atoms with Crippen molar-refractivity contribution >= 4 is 23.6 Å². The highest BCUT2D eigenvalue weighted by molar-refractivity contribution is 7.99. The summed E-state index contributed by atoms with van der Waals surface area (Å²) in [6, 6.07) is 0. The van der Waals surface area contributed by atoms with Crippen molar-refractivity contribution < 1.29 is 19.1 Å². The number of carboxylic acid groups (broad SMARTS) is 1. The van der Waals surface area contributed by atoms with E-state index in [9.17, 15) is 14.7 Å². The lowest BCUT2D eigenvalue weighted by atomic mass is 9.99. The molecule has 2 N–H and O–H groups in total. The monoisotopic (exact) mass is 270 g/mol. The Balaban J connectivity index is 2.20. The van der Waals surface area contributed by atoms with E-state index < -0.39 is 17.4 Å². The van der Waals surface area contributed by atoms with Crippen molar-refractivity contribution in [3.8, 4) is 0 Å². The maximum Gasteiger partial charge on any atom is 0.330 e. The number of hydrogen-bond donors (Lipinski definition) is 2. The number of hydrogen-bond acceptors (Lipinski definition) is 5. The standard InChI is InChI=1S/C11H14N2O4S/c1-6-8(17-7(2)12-6)9(14)13-11(10(15)16)3-4-18-5-11/h3-5H2,1-2H3,(H,13,14)(H,15,16). The van der Waals surface area contributed by atoms with Crippen LogP contribution in [0.4, 0.5) is 0 Å². The third-order valence-electron chi connectivity index (χ3n) is 2.89. The summed E-state index contributed by atoms with van der Waals surface area (Å²) in [5.74, 6) is 0.0573. The van der Waals surface area contributed by atoms with Crippen molar-refractivity contribution in [1.82, 2.24) is 10.3 Å². The average Bonchev–Trinajstić information content (AvgIpc) is 2.86. The molecule has 0 bridgehead atoms. The van der Waals surface area contributed by atoms with Crippen molar-refractivity contribution in [1.29, 1.82) is 0 Å². The second-order valence-corrected chi connectivity index (χ2v) is 5.40. The predicted octanol–water partition coefficient (Wildman–Crippen LogP) is 0.982. The number of nitrogens with zero attached hydrogens (tertiary/aromatic N) is 1. The molecule has 1 aromatic rings. The molecule has 0 radical (unpaired) electrons. The summed E-state index contributed by atoms with van der Waals surface area (Å²) in [6.07, 6.45) is 0.422. The lowest BCUT2D eigenvalue weighted by Gasteiger charge is -2.23. The van der Waals surface area contributed by atoms with Crippen LogP contribution in [0.1, 0.15) is 28.6 Å². The van der Waals surface area contributed by atoms with E-state index in [1.54, 1.807) is 13.8 Å². The van der Waals surface area contributed by atoms with Gasteiger partial charge in [0.25, 0.3) is 5.91 Å². The van der Waals surface area contributed by atoms with E-state index in [2.05, 4.69) is 10.3 Å². The molecule has 1 aromatic heterocycles. The quantitative estimate of drug-likeness (QED) is 0.850. The molecule has 2 heterocycles. The first-order valence-corrected chi connectivity index (χ1v) is 6.68.